The van der Waals surface area contributed by atoms with Gasteiger partial charge in [0.05, 0.1) is 17.3 Å². The molecule has 0 radical (unpaired) electrons. The lowest BCUT2D eigenvalue weighted by atomic mass is 9.93. The number of alkyl halides is 13. The number of halogens is 13. The Balaban J connectivity index is 2.10. The first-order valence-corrected chi connectivity index (χ1v) is 15.1. The summed E-state index contributed by atoms with van der Waals surface area (Å²) in [4.78, 5) is -0.787. The average molecular weight is 693 g/mol. The summed E-state index contributed by atoms with van der Waals surface area (Å²) in [6.07, 6.45) is -3.95. The van der Waals surface area contributed by atoms with Gasteiger partial charge in [0.1, 0.15) is 5.75 Å². The lowest BCUT2D eigenvalue weighted by molar-refractivity contribution is -0.439. The van der Waals surface area contributed by atoms with Crippen LogP contribution in [0.25, 0.3) is 11.1 Å². The van der Waals surface area contributed by atoms with E-state index in [2.05, 4.69) is 6.92 Å². The summed E-state index contributed by atoms with van der Waals surface area (Å²) >= 11 is 0. The molecule has 17 heteroatoms. The fraction of sp³-hybridized carbons (Fsp3) is 0.571. The second-order valence-electron chi connectivity index (χ2n) is 10.2. The Bertz CT molecular complexity index is 1340. The van der Waals surface area contributed by atoms with Crippen molar-refractivity contribution in [1.29, 1.82) is 0 Å². The minimum atomic E-state index is -8.04. The predicted octanol–water partition coefficient (Wildman–Crippen LogP) is 10.00. The number of hydrogen-bond donors (Lipinski definition) is 0. The molecule has 0 atom stereocenters. The van der Waals surface area contributed by atoms with Crippen LogP contribution in [-0.2, 0) is 9.84 Å². The number of ether oxygens (including phenoxy) is 1. The number of hydrogen-bond acceptors (Lipinski definition) is 3. The van der Waals surface area contributed by atoms with Crippen molar-refractivity contribution in [3.8, 4) is 16.9 Å². The van der Waals surface area contributed by atoms with Crippen LogP contribution in [0.3, 0.4) is 0 Å². The van der Waals surface area contributed by atoms with Crippen LogP contribution in [0, 0.1) is 0 Å². The van der Waals surface area contributed by atoms with Crippen molar-refractivity contribution in [2.45, 2.75) is 92.6 Å². The van der Waals surface area contributed by atoms with Gasteiger partial charge in [0.15, 0.2) is 9.84 Å². The van der Waals surface area contributed by atoms with E-state index < -0.39 is 62.7 Å². The van der Waals surface area contributed by atoms with Gasteiger partial charge in [-0.05, 0) is 41.8 Å². The molecule has 0 bridgehead atoms. The largest absolute Gasteiger partial charge is 0.494 e. The van der Waals surface area contributed by atoms with Gasteiger partial charge in [-0.3, -0.25) is 0 Å². The molecule has 0 aliphatic heterocycles. The monoisotopic (exact) mass is 692 g/mol. The molecule has 0 amide bonds. The molecule has 2 rings (SSSR count). The number of benzene rings is 2. The van der Waals surface area contributed by atoms with Gasteiger partial charge >= 0.3 is 35.8 Å². The molecule has 0 aliphatic carbocycles. The third-order valence-corrected chi connectivity index (χ3v) is 8.58. The molecule has 0 saturated carbocycles. The standard InChI is InChI=1S/C28H29F13O3S/c1-2-3-4-5-6-7-17-44-21-12-8-19(9-13-21)20-10-14-22(15-11-20)45(42,43)18-16-23(29,30)24(31,32)25(33,34)26(35,36)27(37,38)28(39,40)41/h8-15H,2-7,16-18H2,1H3. The van der Waals surface area contributed by atoms with Crippen LogP contribution in [-0.4, -0.2) is 56.6 Å². The van der Waals surface area contributed by atoms with E-state index in [0.717, 1.165) is 50.7 Å². The molecule has 0 unspecified atom stereocenters. The minimum absolute atomic E-state index is 0.390. The summed E-state index contributed by atoms with van der Waals surface area (Å²) < 4.78 is 203. The van der Waals surface area contributed by atoms with Crippen LogP contribution < -0.4 is 4.74 Å². The summed E-state index contributed by atoms with van der Waals surface area (Å²) in [6.45, 7) is 2.60. The average Bonchev–Trinajstić information content (AvgIpc) is 2.95. The zero-order valence-electron chi connectivity index (χ0n) is 23.5. The molecule has 0 heterocycles. The number of unbranched alkanes of at least 4 members (excludes halogenated alkanes) is 5. The van der Waals surface area contributed by atoms with E-state index in [1.807, 2.05) is 0 Å². The quantitative estimate of drug-likeness (QED) is 0.123. The molecule has 45 heavy (non-hydrogen) atoms. The zero-order valence-corrected chi connectivity index (χ0v) is 24.3. The first-order valence-electron chi connectivity index (χ1n) is 13.5. The molecular formula is C28H29F13O3S. The zero-order chi connectivity index (χ0) is 34.5. The first-order chi connectivity index (χ1) is 20.5. The van der Waals surface area contributed by atoms with Gasteiger partial charge in [-0.2, -0.15) is 57.1 Å². The number of sulfone groups is 1. The Hall–Kier alpha value is -2.72. The molecule has 0 aromatic heterocycles. The molecule has 2 aromatic rings. The second-order valence-corrected chi connectivity index (χ2v) is 12.3. The van der Waals surface area contributed by atoms with Crippen molar-refractivity contribution in [3.63, 3.8) is 0 Å². The SMILES string of the molecule is CCCCCCCCOc1ccc(-c2ccc(S(=O)(=O)CCC(F)(F)C(F)(F)C(F)(F)C(F)(F)C(F)(F)C(F)(F)F)cc2)cc1. The summed E-state index contributed by atoms with van der Waals surface area (Å²) in [5, 5.41) is 0. The van der Waals surface area contributed by atoms with E-state index in [0.29, 0.717) is 23.5 Å². The minimum Gasteiger partial charge on any atom is -0.494 e. The fourth-order valence-corrected chi connectivity index (χ4v) is 5.32. The maximum atomic E-state index is 14.1. The number of rotatable bonds is 17. The van der Waals surface area contributed by atoms with E-state index >= 15 is 0 Å². The fourth-order valence-electron chi connectivity index (χ4n) is 4.01. The molecule has 0 aliphatic rings. The van der Waals surface area contributed by atoms with E-state index in [1.54, 1.807) is 24.3 Å². The summed E-state index contributed by atoms with van der Waals surface area (Å²) in [6, 6.07) is 10.5. The highest BCUT2D eigenvalue weighted by molar-refractivity contribution is 7.91. The molecule has 0 N–H and O–H groups in total. The van der Waals surface area contributed by atoms with E-state index in [1.165, 1.54) is 12.1 Å². The van der Waals surface area contributed by atoms with E-state index in [4.69, 9.17) is 4.74 Å². The third kappa shape index (κ3) is 8.17. The van der Waals surface area contributed by atoms with Crippen LogP contribution in [0.4, 0.5) is 57.1 Å². The predicted molar refractivity (Wildman–Crippen MR) is 138 cm³/mol. The molecule has 0 spiro atoms. The Labute approximate surface area is 250 Å². The second kappa shape index (κ2) is 14.0. The normalized spacial score (nSPS) is 14.1. The van der Waals surface area contributed by atoms with Crippen molar-refractivity contribution < 1.29 is 70.2 Å². The van der Waals surface area contributed by atoms with Crippen LogP contribution >= 0.6 is 0 Å². The summed E-state index contributed by atoms with van der Waals surface area (Å²) in [5.41, 5.74) is 0.927. The van der Waals surface area contributed by atoms with Gasteiger partial charge < -0.3 is 4.74 Å². The highest BCUT2D eigenvalue weighted by Crippen LogP contribution is 2.60. The van der Waals surface area contributed by atoms with Crippen molar-refractivity contribution in [3.05, 3.63) is 48.5 Å². The molecule has 0 saturated heterocycles. The molecule has 256 valence electrons. The maximum Gasteiger partial charge on any atom is 0.460 e. The van der Waals surface area contributed by atoms with E-state index in [9.17, 15) is 65.5 Å². The summed E-state index contributed by atoms with van der Waals surface area (Å²) in [7, 11) is -5.01. The highest BCUT2D eigenvalue weighted by atomic mass is 32.2. The van der Waals surface area contributed by atoms with Crippen molar-refractivity contribution in [2.24, 2.45) is 0 Å². The molecular weight excluding hydrogens is 663 g/mol. The van der Waals surface area contributed by atoms with Gasteiger partial charge in [0.25, 0.3) is 0 Å². The molecule has 3 nitrogen and oxygen atoms in total. The highest BCUT2D eigenvalue weighted by Gasteiger charge is 2.90. The smallest absolute Gasteiger partial charge is 0.460 e. The Kier molecular flexibility index (Phi) is 11.9. The Morgan fingerprint density at radius 3 is 1.51 bits per heavy atom. The van der Waals surface area contributed by atoms with Crippen LogP contribution in [0.5, 0.6) is 5.75 Å². The van der Waals surface area contributed by atoms with Gasteiger partial charge in [-0.1, -0.05) is 63.3 Å². The topological polar surface area (TPSA) is 43.4 Å². The maximum absolute atomic E-state index is 14.1. The summed E-state index contributed by atoms with van der Waals surface area (Å²) in [5.74, 6) is -39.4. The van der Waals surface area contributed by atoms with Gasteiger partial charge in [-0.25, -0.2) is 8.42 Å². The van der Waals surface area contributed by atoms with Gasteiger partial charge in [0.2, 0.25) is 0 Å². The molecule has 2 aromatic carbocycles. The molecule has 0 fully saturated rings. The van der Waals surface area contributed by atoms with Gasteiger partial charge in [-0.15, -0.1) is 0 Å². The van der Waals surface area contributed by atoms with Crippen molar-refractivity contribution in [1.82, 2.24) is 0 Å². The van der Waals surface area contributed by atoms with Gasteiger partial charge in [0, 0.05) is 6.42 Å². The lowest BCUT2D eigenvalue weighted by Gasteiger charge is -2.39. The first kappa shape index (κ1) is 38.5. The van der Waals surface area contributed by atoms with Crippen LogP contribution in [0.1, 0.15) is 51.9 Å². The van der Waals surface area contributed by atoms with Crippen LogP contribution in [0.15, 0.2) is 53.4 Å². The van der Waals surface area contributed by atoms with Crippen LogP contribution in [0.2, 0.25) is 0 Å². The Morgan fingerprint density at radius 2 is 1.02 bits per heavy atom. The Morgan fingerprint density at radius 1 is 0.578 bits per heavy atom. The van der Waals surface area contributed by atoms with E-state index in [-0.39, 0.29) is 0 Å². The lowest BCUT2D eigenvalue weighted by Crippen LogP contribution is -2.70. The third-order valence-electron chi connectivity index (χ3n) is 6.85. The van der Waals surface area contributed by atoms with Crippen molar-refractivity contribution in [2.75, 3.05) is 12.4 Å². The van der Waals surface area contributed by atoms with Crippen molar-refractivity contribution >= 4 is 9.84 Å².